The van der Waals surface area contributed by atoms with E-state index in [1.54, 1.807) is 12.4 Å². The molecule has 2 rings (SSSR count). The second kappa shape index (κ2) is 8.42. The Labute approximate surface area is 126 Å². The summed E-state index contributed by atoms with van der Waals surface area (Å²) in [5, 5.41) is 10.2. The number of rotatable bonds is 8. The van der Waals surface area contributed by atoms with Crippen LogP contribution in [0.3, 0.4) is 0 Å². The predicted molar refractivity (Wildman–Crippen MR) is 84.1 cm³/mol. The first-order valence-corrected chi connectivity index (χ1v) is 7.59. The van der Waals surface area contributed by atoms with Crippen molar-refractivity contribution < 1.29 is 9.84 Å². The van der Waals surface area contributed by atoms with Crippen molar-refractivity contribution in [1.29, 1.82) is 0 Å². The third kappa shape index (κ3) is 5.20. The molecule has 1 aromatic carbocycles. The lowest BCUT2D eigenvalue weighted by molar-refractivity contribution is 0.163. The van der Waals surface area contributed by atoms with E-state index >= 15 is 0 Å². The second-order valence-corrected chi connectivity index (χ2v) is 5.23. The van der Waals surface area contributed by atoms with Crippen molar-refractivity contribution in [1.82, 2.24) is 4.98 Å². The van der Waals surface area contributed by atoms with E-state index in [0.29, 0.717) is 6.61 Å². The Morgan fingerprint density at radius 1 is 1.14 bits per heavy atom. The van der Waals surface area contributed by atoms with Crippen LogP contribution in [0.4, 0.5) is 0 Å². The summed E-state index contributed by atoms with van der Waals surface area (Å²) >= 11 is 0. The van der Waals surface area contributed by atoms with Crippen LogP contribution in [-0.2, 0) is 6.61 Å². The van der Waals surface area contributed by atoms with Gasteiger partial charge in [-0.05, 0) is 41.8 Å². The van der Waals surface area contributed by atoms with Crippen LogP contribution in [0.5, 0.6) is 5.75 Å². The van der Waals surface area contributed by atoms with Crippen LogP contribution >= 0.6 is 0 Å². The Kier molecular flexibility index (Phi) is 6.22. The van der Waals surface area contributed by atoms with Gasteiger partial charge in [-0.25, -0.2) is 0 Å². The summed E-state index contributed by atoms with van der Waals surface area (Å²) in [5.41, 5.74) is 2.01. The molecule has 3 heteroatoms. The third-order valence-corrected chi connectivity index (χ3v) is 3.48. The topological polar surface area (TPSA) is 42.4 Å². The van der Waals surface area contributed by atoms with Crippen molar-refractivity contribution in [3.63, 3.8) is 0 Å². The molecular formula is C18H23NO2. The fraction of sp³-hybridized carbons (Fsp3) is 0.389. The maximum atomic E-state index is 10.2. The Hall–Kier alpha value is -1.87. The van der Waals surface area contributed by atoms with Crippen LogP contribution in [0.25, 0.3) is 0 Å². The minimum absolute atomic E-state index is 0.402. The molecule has 1 heterocycles. The lowest BCUT2D eigenvalue weighted by atomic mass is 10.0. The molecule has 2 aromatic rings. The Balaban J connectivity index is 1.91. The van der Waals surface area contributed by atoms with E-state index in [0.717, 1.165) is 36.1 Å². The Morgan fingerprint density at radius 3 is 2.71 bits per heavy atom. The molecule has 0 spiro atoms. The largest absolute Gasteiger partial charge is 0.489 e. The van der Waals surface area contributed by atoms with Crippen LogP contribution in [-0.4, -0.2) is 10.1 Å². The number of aromatic nitrogens is 1. The molecule has 3 nitrogen and oxygen atoms in total. The van der Waals surface area contributed by atoms with Gasteiger partial charge in [0.05, 0.1) is 6.10 Å². The molecule has 0 radical (unpaired) electrons. The van der Waals surface area contributed by atoms with Gasteiger partial charge >= 0.3 is 0 Å². The van der Waals surface area contributed by atoms with E-state index in [2.05, 4.69) is 11.9 Å². The number of benzene rings is 1. The molecule has 0 aliphatic heterocycles. The number of ether oxygens (including phenoxy) is 1. The first-order valence-electron chi connectivity index (χ1n) is 7.59. The molecule has 1 N–H and O–H groups in total. The molecule has 0 fully saturated rings. The summed E-state index contributed by atoms with van der Waals surface area (Å²) in [6, 6.07) is 11.6. The van der Waals surface area contributed by atoms with Crippen molar-refractivity contribution in [3.05, 3.63) is 59.9 Å². The summed E-state index contributed by atoms with van der Waals surface area (Å²) in [5.74, 6) is 0.791. The zero-order valence-corrected chi connectivity index (χ0v) is 12.5. The zero-order chi connectivity index (χ0) is 14.9. The zero-order valence-electron chi connectivity index (χ0n) is 12.5. The highest BCUT2D eigenvalue weighted by Crippen LogP contribution is 2.24. The highest BCUT2D eigenvalue weighted by atomic mass is 16.5. The molecule has 0 unspecified atom stereocenters. The summed E-state index contributed by atoms with van der Waals surface area (Å²) in [6.07, 6.45) is 7.30. The fourth-order valence-corrected chi connectivity index (χ4v) is 2.21. The van der Waals surface area contributed by atoms with Gasteiger partial charge in [0.2, 0.25) is 0 Å². The van der Waals surface area contributed by atoms with Crippen LogP contribution in [0.15, 0.2) is 48.8 Å². The molecule has 0 amide bonds. The highest BCUT2D eigenvalue weighted by molar-refractivity contribution is 5.30. The van der Waals surface area contributed by atoms with Crippen LogP contribution in [0, 0.1) is 0 Å². The summed E-state index contributed by atoms with van der Waals surface area (Å²) in [6.45, 7) is 2.68. The number of hydrogen-bond acceptors (Lipinski definition) is 3. The van der Waals surface area contributed by atoms with Gasteiger partial charge in [0, 0.05) is 12.4 Å². The maximum Gasteiger partial charge on any atom is 0.120 e. The first kappa shape index (κ1) is 15.5. The van der Waals surface area contributed by atoms with E-state index in [1.165, 1.54) is 6.42 Å². The average molecular weight is 285 g/mol. The van der Waals surface area contributed by atoms with E-state index in [-0.39, 0.29) is 0 Å². The molecule has 0 saturated carbocycles. The molecule has 0 aliphatic rings. The predicted octanol–water partition coefficient (Wildman–Crippen LogP) is 4.27. The number of aliphatic hydroxyl groups is 1. The Bertz CT molecular complexity index is 528. The summed E-state index contributed by atoms with van der Waals surface area (Å²) < 4.78 is 5.77. The number of hydrogen-bond donors (Lipinski definition) is 1. The van der Waals surface area contributed by atoms with E-state index in [9.17, 15) is 5.11 Å². The molecular weight excluding hydrogens is 262 g/mol. The SMILES string of the molecule is CCCCC[C@H](O)c1cccc(OCc2ccncc2)c1. The van der Waals surface area contributed by atoms with Gasteiger partial charge in [-0.2, -0.15) is 0 Å². The normalized spacial score (nSPS) is 12.1. The maximum absolute atomic E-state index is 10.2. The summed E-state index contributed by atoms with van der Waals surface area (Å²) in [4.78, 5) is 3.98. The van der Waals surface area contributed by atoms with Gasteiger partial charge in [-0.3, -0.25) is 4.98 Å². The molecule has 0 aliphatic carbocycles. The third-order valence-electron chi connectivity index (χ3n) is 3.48. The number of pyridine rings is 1. The van der Waals surface area contributed by atoms with Gasteiger partial charge in [-0.1, -0.05) is 38.3 Å². The molecule has 112 valence electrons. The smallest absolute Gasteiger partial charge is 0.120 e. The van der Waals surface area contributed by atoms with Crippen molar-refractivity contribution in [2.45, 2.75) is 45.3 Å². The standard InChI is InChI=1S/C18H23NO2/c1-2-3-4-8-18(20)16-6-5-7-17(13-16)21-14-15-9-11-19-12-10-15/h5-7,9-13,18,20H,2-4,8,14H2,1H3/t18-/m0/s1. The van der Waals surface area contributed by atoms with E-state index in [1.807, 2.05) is 36.4 Å². The minimum atomic E-state index is -0.402. The van der Waals surface area contributed by atoms with E-state index in [4.69, 9.17) is 4.74 Å². The fourth-order valence-electron chi connectivity index (χ4n) is 2.21. The molecule has 0 bridgehead atoms. The van der Waals surface area contributed by atoms with Crippen LogP contribution < -0.4 is 4.74 Å². The van der Waals surface area contributed by atoms with Crippen molar-refractivity contribution >= 4 is 0 Å². The summed E-state index contributed by atoms with van der Waals surface area (Å²) in [7, 11) is 0. The van der Waals surface area contributed by atoms with Crippen molar-refractivity contribution in [2.24, 2.45) is 0 Å². The minimum Gasteiger partial charge on any atom is -0.489 e. The second-order valence-electron chi connectivity index (χ2n) is 5.23. The monoisotopic (exact) mass is 285 g/mol. The average Bonchev–Trinajstić information content (AvgIpc) is 2.54. The molecule has 0 saturated heterocycles. The quantitative estimate of drug-likeness (QED) is 0.736. The number of nitrogens with zero attached hydrogens (tertiary/aromatic N) is 1. The molecule has 21 heavy (non-hydrogen) atoms. The van der Waals surface area contributed by atoms with Gasteiger partial charge in [0.1, 0.15) is 12.4 Å². The van der Waals surface area contributed by atoms with Gasteiger partial charge in [-0.15, -0.1) is 0 Å². The van der Waals surface area contributed by atoms with Crippen LogP contribution in [0.2, 0.25) is 0 Å². The highest BCUT2D eigenvalue weighted by Gasteiger charge is 2.08. The number of aliphatic hydroxyl groups excluding tert-OH is 1. The first-order chi connectivity index (χ1) is 10.3. The van der Waals surface area contributed by atoms with E-state index < -0.39 is 6.10 Å². The molecule has 1 aromatic heterocycles. The van der Waals surface area contributed by atoms with Crippen molar-refractivity contribution in [2.75, 3.05) is 0 Å². The number of unbranched alkanes of at least 4 members (excludes halogenated alkanes) is 2. The lowest BCUT2D eigenvalue weighted by Crippen LogP contribution is -2.00. The van der Waals surface area contributed by atoms with Gasteiger partial charge in [0.25, 0.3) is 0 Å². The Morgan fingerprint density at radius 2 is 1.95 bits per heavy atom. The van der Waals surface area contributed by atoms with Gasteiger partial charge in [0.15, 0.2) is 0 Å². The van der Waals surface area contributed by atoms with Crippen molar-refractivity contribution in [3.8, 4) is 5.75 Å². The lowest BCUT2D eigenvalue weighted by Gasteiger charge is -2.13. The molecule has 1 atom stereocenters. The van der Waals surface area contributed by atoms with Gasteiger partial charge < -0.3 is 9.84 Å². The van der Waals surface area contributed by atoms with Crippen LogP contribution in [0.1, 0.15) is 49.8 Å².